The van der Waals surface area contributed by atoms with Crippen molar-refractivity contribution in [3.8, 4) is 0 Å². The number of aromatic nitrogens is 2. The van der Waals surface area contributed by atoms with Gasteiger partial charge in [0.1, 0.15) is 0 Å². The Hall–Kier alpha value is -0.550. The first-order valence-electron chi connectivity index (χ1n) is 7.20. The maximum atomic E-state index is 5.52. The van der Waals surface area contributed by atoms with E-state index in [2.05, 4.69) is 36.3 Å². The first-order chi connectivity index (χ1) is 9.00. The topological polar surface area (TPSA) is 51.0 Å². The van der Waals surface area contributed by atoms with Crippen molar-refractivity contribution in [2.75, 3.05) is 6.54 Å². The van der Waals surface area contributed by atoms with Crippen molar-refractivity contribution >= 4 is 11.8 Å². The minimum atomic E-state index is 0.414. The lowest BCUT2D eigenvalue weighted by molar-refractivity contribution is 0.213. The van der Waals surface area contributed by atoms with Gasteiger partial charge in [0.15, 0.2) is 0 Å². The zero-order valence-electron chi connectivity index (χ0n) is 12.4. The van der Waals surface area contributed by atoms with E-state index >= 15 is 0 Å². The number of thioether (sulfide) groups is 1. The third-order valence-corrected chi connectivity index (χ3v) is 4.92. The lowest BCUT2D eigenvalue weighted by Gasteiger charge is -2.40. The van der Waals surface area contributed by atoms with Crippen molar-refractivity contribution in [1.82, 2.24) is 15.5 Å². The number of nitrogens with one attached hydrogen (secondary N) is 1. The van der Waals surface area contributed by atoms with Crippen LogP contribution in [0.5, 0.6) is 0 Å². The Balaban J connectivity index is 2.02. The molecule has 2 rings (SSSR count). The highest BCUT2D eigenvalue weighted by Gasteiger charge is 2.36. The first-order valence-corrected chi connectivity index (χ1v) is 8.08. The molecule has 2 unspecified atom stereocenters. The van der Waals surface area contributed by atoms with Gasteiger partial charge >= 0.3 is 0 Å². The fraction of sp³-hybridized carbons (Fsp3) is 0.857. The molecule has 19 heavy (non-hydrogen) atoms. The molecule has 108 valence electrons. The van der Waals surface area contributed by atoms with Crippen molar-refractivity contribution in [2.24, 2.45) is 5.41 Å². The summed E-state index contributed by atoms with van der Waals surface area (Å²) < 4.78 is 5.52. The van der Waals surface area contributed by atoms with Crippen LogP contribution in [0.1, 0.15) is 52.3 Å². The highest BCUT2D eigenvalue weighted by atomic mass is 32.2. The quantitative estimate of drug-likeness (QED) is 0.897. The van der Waals surface area contributed by atoms with Crippen molar-refractivity contribution in [3.63, 3.8) is 0 Å². The molecule has 1 N–H and O–H groups in total. The molecule has 0 spiro atoms. The Labute approximate surface area is 120 Å². The molecule has 0 radical (unpaired) electrons. The molecule has 4 nitrogen and oxygen atoms in total. The van der Waals surface area contributed by atoms with Crippen LogP contribution < -0.4 is 5.32 Å². The molecule has 1 aromatic heterocycles. The van der Waals surface area contributed by atoms with Gasteiger partial charge in [0.05, 0.1) is 0 Å². The van der Waals surface area contributed by atoms with Gasteiger partial charge in [-0.2, -0.15) is 0 Å². The molecular formula is C14H25N3OS. The highest BCUT2D eigenvalue weighted by molar-refractivity contribution is 7.99. The van der Waals surface area contributed by atoms with Crippen LogP contribution in [0.15, 0.2) is 9.64 Å². The van der Waals surface area contributed by atoms with Crippen LogP contribution in [0.2, 0.25) is 0 Å². The normalized spacial score (nSPS) is 26.5. The summed E-state index contributed by atoms with van der Waals surface area (Å²) in [5, 5.41) is 12.9. The van der Waals surface area contributed by atoms with Gasteiger partial charge in [-0.15, -0.1) is 10.2 Å². The van der Waals surface area contributed by atoms with Crippen LogP contribution in [0.4, 0.5) is 0 Å². The Morgan fingerprint density at radius 1 is 1.42 bits per heavy atom. The predicted octanol–water partition coefficient (Wildman–Crippen LogP) is 3.42. The molecule has 0 saturated heterocycles. The van der Waals surface area contributed by atoms with Gasteiger partial charge in [-0.1, -0.05) is 32.5 Å². The number of nitrogens with zero attached hydrogens (tertiary/aromatic N) is 2. The standard InChI is InChI=1S/C14H25N3OS/c1-5-8-15-11-6-7-14(3,4)9-12(11)19-13-17-16-10(2)18-13/h11-12,15H,5-9H2,1-4H3. The molecule has 5 heteroatoms. The Kier molecular flexibility index (Phi) is 4.90. The maximum Gasteiger partial charge on any atom is 0.276 e. The summed E-state index contributed by atoms with van der Waals surface area (Å²) in [6, 6.07) is 0.560. The largest absolute Gasteiger partial charge is 0.416 e. The maximum absolute atomic E-state index is 5.52. The van der Waals surface area contributed by atoms with Crippen LogP contribution in [-0.4, -0.2) is 28.0 Å². The lowest BCUT2D eigenvalue weighted by atomic mass is 9.75. The second-order valence-corrected chi connectivity index (χ2v) is 7.40. The second kappa shape index (κ2) is 6.27. The summed E-state index contributed by atoms with van der Waals surface area (Å²) in [5.41, 5.74) is 0.414. The van der Waals surface area contributed by atoms with E-state index in [1.165, 1.54) is 25.7 Å². The van der Waals surface area contributed by atoms with Crippen molar-refractivity contribution < 1.29 is 4.42 Å². The molecule has 2 atom stereocenters. The number of aryl methyl sites for hydroxylation is 1. The van der Waals surface area contributed by atoms with E-state index in [-0.39, 0.29) is 0 Å². The van der Waals surface area contributed by atoms with Crippen molar-refractivity contribution in [2.45, 2.75) is 69.9 Å². The minimum Gasteiger partial charge on any atom is -0.416 e. The van der Waals surface area contributed by atoms with Crippen LogP contribution in [0.25, 0.3) is 0 Å². The van der Waals surface area contributed by atoms with Crippen LogP contribution in [0.3, 0.4) is 0 Å². The van der Waals surface area contributed by atoms with Crippen molar-refractivity contribution in [1.29, 1.82) is 0 Å². The third-order valence-electron chi connectivity index (χ3n) is 3.75. The average molecular weight is 283 g/mol. The summed E-state index contributed by atoms with van der Waals surface area (Å²) in [7, 11) is 0. The Morgan fingerprint density at radius 2 is 2.21 bits per heavy atom. The van der Waals surface area contributed by atoms with E-state index in [9.17, 15) is 0 Å². The fourth-order valence-electron chi connectivity index (χ4n) is 2.66. The van der Waals surface area contributed by atoms with Crippen LogP contribution in [0, 0.1) is 12.3 Å². The van der Waals surface area contributed by atoms with Gasteiger partial charge in [-0.25, -0.2) is 0 Å². The smallest absolute Gasteiger partial charge is 0.276 e. The van der Waals surface area contributed by atoms with Crippen molar-refractivity contribution in [3.05, 3.63) is 5.89 Å². The average Bonchev–Trinajstić information content (AvgIpc) is 2.73. The van der Waals surface area contributed by atoms with E-state index in [1.54, 1.807) is 11.8 Å². The zero-order valence-corrected chi connectivity index (χ0v) is 13.2. The monoisotopic (exact) mass is 283 g/mol. The molecule has 1 aliphatic carbocycles. The van der Waals surface area contributed by atoms with E-state index in [4.69, 9.17) is 4.42 Å². The summed E-state index contributed by atoms with van der Waals surface area (Å²) in [6.07, 6.45) is 4.89. The van der Waals surface area contributed by atoms with Gasteiger partial charge in [0.2, 0.25) is 5.89 Å². The summed E-state index contributed by atoms with van der Waals surface area (Å²) in [4.78, 5) is 0. The van der Waals surface area contributed by atoms with Gasteiger partial charge in [0, 0.05) is 18.2 Å². The Bertz CT molecular complexity index is 405. The summed E-state index contributed by atoms with van der Waals surface area (Å²) >= 11 is 1.74. The number of hydrogen-bond acceptors (Lipinski definition) is 5. The van der Waals surface area contributed by atoms with Gasteiger partial charge in [-0.3, -0.25) is 0 Å². The molecule has 1 saturated carbocycles. The van der Waals surface area contributed by atoms with Crippen LogP contribution >= 0.6 is 11.8 Å². The summed E-state index contributed by atoms with van der Waals surface area (Å²) in [5.74, 6) is 0.649. The molecule has 0 aliphatic heterocycles. The van der Waals surface area contributed by atoms with Crippen LogP contribution in [-0.2, 0) is 0 Å². The molecular weight excluding hydrogens is 258 g/mol. The Morgan fingerprint density at radius 3 is 2.84 bits per heavy atom. The minimum absolute atomic E-state index is 0.414. The zero-order chi connectivity index (χ0) is 13.9. The molecule has 1 fully saturated rings. The fourth-order valence-corrected chi connectivity index (χ4v) is 4.11. The first kappa shape index (κ1) is 14.9. The second-order valence-electron chi connectivity index (χ2n) is 6.21. The van der Waals surface area contributed by atoms with Gasteiger partial charge < -0.3 is 9.73 Å². The van der Waals surface area contributed by atoms with E-state index in [0.29, 0.717) is 27.8 Å². The molecule has 1 heterocycles. The molecule has 0 aromatic carbocycles. The SMILES string of the molecule is CCCNC1CCC(C)(C)CC1Sc1nnc(C)o1. The molecule has 0 amide bonds. The molecule has 1 aliphatic rings. The molecule has 0 bridgehead atoms. The predicted molar refractivity (Wildman–Crippen MR) is 78.4 cm³/mol. The van der Waals surface area contributed by atoms with Gasteiger partial charge in [-0.05, 0) is 37.6 Å². The molecule has 1 aromatic rings. The highest BCUT2D eigenvalue weighted by Crippen LogP contribution is 2.42. The van der Waals surface area contributed by atoms with Gasteiger partial charge in [0.25, 0.3) is 5.22 Å². The number of hydrogen-bond donors (Lipinski definition) is 1. The third kappa shape index (κ3) is 4.21. The van der Waals surface area contributed by atoms with E-state index in [0.717, 1.165) is 6.54 Å². The van der Waals surface area contributed by atoms with E-state index < -0.39 is 0 Å². The number of rotatable bonds is 5. The summed E-state index contributed by atoms with van der Waals surface area (Å²) in [6.45, 7) is 9.86. The lowest BCUT2D eigenvalue weighted by Crippen LogP contribution is -2.45. The van der Waals surface area contributed by atoms with E-state index in [1.807, 2.05) is 6.92 Å².